The van der Waals surface area contributed by atoms with Crippen LogP contribution in [0.3, 0.4) is 0 Å². The lowest BCUT2D eigenvalue weighted by Crippen LogP contribution is -2.44. The van der Waals surface area contributed by atoms with E-state index in [-0.39, 0.29) is 6.04 Å². The summed E-state index contributed by atoms with van der Waals surface area (Å²) in [6, 6.07) is 0.0961. The summed E-state index contributed by atoms with van der Waals surface area (Å²) in [4.78, 5) is 4.24. The van der Waals surface area contributed by atoms with Gasteiger partial charge in [-0.3, -0.25) is 0 Å². The highest BCUT2D eigenvalue weighted by Crippen LogP contribution is 2.25. The van der Waals surface area contributed by atoms with Gasteiger partial charge in [0.2, 0.25) is 0 Å². The van der Waals surface area contributed by atoms with Gasteiger partial charge in [-0.1, -0.05) is 0 Å². The highest BCUT2D eigenvalue weighted by molar-refractivity contribution is 7.89. The lowest BCUT2D eigenvalue weighted by molar-refractivity contribution is 0.295. The van der Waals surface area contributed by atoms with Gasteiger partial charge in [0.05, 0.1) is 6.20 Å². The summed E-state index contributed by atoms with van der Waals surface area (Å²) in [5.74, 6) is 0.900. The summed E-state index contributed by atoms with van der Waals surface area (Å²) >= 11 is 0. The van der Waals surface area contributed by atoms with E-state index < -0.39 is 10.0 Å². The maximum absolute atomic E-state index is 12.7. The molecule has 0 aliphatic carbocycles. The maximum atomic E-state index is 12.7. The zero-order chi connectivity index (χ0) is 13.5. The zero-order valence-corrected chi connectivity index (χ0v) is 12.0. The second-order valence-electron chi connectivity index (χ2n) is 5.27. The van der Waals surface area contributed by atoms with E-state index in [0.29, 0.717) is 5.03 Å². The fourth-order valence-electron chi connectivity index (χ4n) is 2.95. The largest absolute Gasteiger partial charge is 0.318 e. The van der Waals surface area contributed by atoms with Crippen LogP contribution in [-0.2, 0) is 23.0 Å². The molecule has 3 heterocycles. The van der Waals surface area contributed by atoms with Crippen molar-refractivity contribution in [3.8, 4) is 0 Å². The molecule has 2 aliphatic rings. The van der Waals surface area contributed by atoms with Gasteiger partial charge in [0.1, 0.15) is 5.82 Å². The average molecular weight is 284 g/mol. The van der Waals surface area contributed by atoms with Crippen molar-refractivity contribution in [3.63, 3.8) is 0 Å². The number of sulfonamides is 1. The predicted molar refractivity (Wildman–Crippen MR) is 71.4 cm³/mol. The number of hydrogen-bond acceptors (Lipinski definition) is 4. The molecule has 3 rings (SSSR count). The van der Waals surface area contributed by atoms with Crippen molar-refractivity contribution in [1.82, 2.24) is 19.2 Å². The molecule has 1 aromatic rings. The van der Waals surface area contributed by atoms with Gasteiger partial charge in [0.15, 0.2) is 5.03 Å². The van der Waals surface area contributed by atoms with Crippen molar-refractivity contribution < 1.29 is 8.42 Å². The van der Waals surface area contributed by atoms with Crippen molar-refractivity contribution in [2.45, 2.75) is 43.3 Å². The Hall–Kier alpha value is -0.920. The van der Waals surface area contributed by atoms with E-state index in [1.165, 1.54) is 10.5 Å². The van der Waals surface area contributed by atoms with Gasteiger partial charge in [0.25, 0.3) is 10.0 Å². The van der Waals surface area contributed by atoms with Crippen LogP contribution in [0.2, 0.25) is 0 Å². The van der Waals surface area contributed by atoms with Gasteiger partial charge in [-0.15, -0.1) is 0 Å². The van der Waals surface area contributed by atoms with Gasteiger partial charge < -0.3 is 9.88 Å². The van der Waals surface area contributed by atoms with Crippen LogP contribution in [0.4, 0.5) is 0 Å². The SMILES string of the molecule is CN(C1CCNCC1)S(=O)(=O)c1cnc2n1CCC2. The Labute approximate surface area is 113 Å². The molecule has 0 spiro atoms. The van der Waals surface area contributed by atoms with Crippen LogP contribution in [0.25, 0.3) is 0 Å². The molecule has 7 heteroatoms. The van der Waals surface area contributed by atoms with Gasteiger partial charge in [-0.25, -0.2) is 13.4 Å². The zero-order valence-electron chi connectivity index (χ0n) is 11.2. The molecule has 0 saturated carbocycles. The molecule has 106 valence electrons. The highest BCUT2D eigenvalue weighted by atomic mass is 32.2. The van der Waals surface area contributed by atoms with Crippen molar-refractivity contribution in [1.29, 1.82) is 0 Å². The Bertz CT molecular complexity index is 560. The summed E-state index contributed by atoms with van der Waals surface area (Å²) < 4.78 is 28.8. The van der Waals surface area contributed by atoms with E-state index >= 15 is 0 Å². The van der Waals surface area contributed by atoms with Crippen LogP contribution in [0.15, 0.2) is 11.2 Å². The highest BCUT2D eigenvalue weighted by Gasteiger charge is 2.33. The first-order valence-electron chi connectivity index (χ1n) is 6.84. The van der Waals surface area contributed by atoms with E-state index in [1.807, 2.05) is 4.57 Å². The monoisotopic (exact) mass is 284 g/mol. The fourth-order valence-corrected chi connectivity index (χ4v) is 4.51. The minimum absolute atomic E-state index is 0.0961. The van der Waals surface area contributed by atoms with E-state index in [9.17, 15) is 8.42 Å². The second-order valence-corrected chi connectivity index (χ2v) is 7.21. The number of nitrogens with one attached hydrogen (secondary N) is 1. The number of aromatic nitrogens is 2. The number of nitrogens with zero attached hydrogens (tertiary/aromatic N) is 3. The number of fused-ring (bicyclic) bond motifs is 1. The number of hydrogen-bond donors (Lipinski definition) is 1. The molecule has 0 atom stereocenters. The minimum Gasteiger partial charge on any atom is -0.318 e. The topological polar surface area (TPSA) is 67.2 Å². The summed E-state index contributed by atoms with van der Waals surface area (Å²) in [6.07, 6.45) is 5.13. The first-order valence-corrected chi connectivity index (χ1v) is 8.28. The molecule has 2 aliphatic heterocycles. The van der Waals surface area contributed by atoms with Crippen LogP contribution in [0.5, 0.6) is 0 Å². The summed E-state index contributed by atoms with van der Waals surface area (Å²) in [5.41, 5.74) is 0. The van der Waals surface area contributed by atoms with E-state index in [0.717, 1.165) is 51.1 Å². The third-order valence-corrected chi connectivity index (χ3v) is 6.06. The quantitative estimate of drug-likeness (QED) is 0.861. The summed E-state index contributed by atoms with van der Waals surface area (Å²) in [7, 11) is -1.72. The van der Waals surface area contributed by atoms with E-state index in [1.54, 1.807) is 7.05 Å². The first-order chi connectivity index (χ1) is 9.10. The van der Waals surface area contributed by atoms with Crippen LogP contribution >= 0.6 is 0 Å². The molecule has 1 fully saturated rings. The maximum Gasteiger partial charge on any atom is 0.260 e. The number of aryl methyl sites for hydroxylation is 1. The molecule has 0 radical (unpaired) electrons. The molecule has 6 nitrogen and oxygen atoms in total. The number of rotatable bonds is 3. The third-order valence-electron chi connectivity index (χ3n) is 4.15. The fraction of sp³-hybridized carbons (Fsp3) is 0.750. The Morgan fingerprint density at radius 3 is 2.89 bits per heavy atom. The summed E-state index contributed by atoms with van der Waals surface area (Å²) in [6.45, 7) is 2.54. The smallest absolute Gasteiger partial charge is 0.260 e. The minimum atomic E-state index is -3.41. The second kappa shape index (κ2) is 4.88. The third kappa shape index (κ3) is 2.19. The van der Waals surface area contributed by atoms with Gasteiger partial charge in [-0.2, -0.15) is 4.31 Å². The predicted octanol–water partition coefficient (Wildman–Crippen LogP) is 0.202. The molecule has 1 saturated heterocycles. The van der Waals surface area contributed by atoms with E-state index in [2.05, 4.69) is 10.3 Å². The van der Waals surface area contributed by atoms with Gasteiger partial charge in [-0.05, 0) is 32.4 Å². The Morgan fingerprint density at radius 2 is 2.16 bits per heavy atom. The number of imidazole rings is 1. The molecule has 0 unspecified atom stereocenters. The van der Waals surface area contributed by atoms with Crippen molar-refractivity contribution >= 4 is 10.0 Å². The first kappa shape index (κ1) is 13.1. The Balaban J connectivity index is 1.89. The van der Waals surface area contributed by atoms with Crippen LogP contribution in [-0.4, -0.2) is 48.5 Å². The molecular formula is C12H20N4O2S. The molecule has 0 amide bonds. The molecular weight excluding hydrogens is 264 g/mol. The van der Waals surface area contributed by atoms with Crippen LogP contribution in [0, 0.1) is 0 Å². The lowest BCUT2D eigenvalue weighted by atomic mass is 10.1. The molecule has 19 heavy (non-hydrogen) atoms. The van der Waals surface area contributed by atoms with Gasteiger partial charge in [0, 0.05) is 26.1 Å². The molecule has 0 bridgehead atoms. The number of piperidine rings is 1. The van der Waals surface area contributed by atoms with Crippen molar-refractivity contribution in [3.05, 3.63) is 12.0 Å². The Morgan fingerprint density at radius 1 is 1.42 bits per heavy atom. The standard InChI is InChI=1S/C12H20N4O2S/c1-15(10-4-6-13-7-5-10)19(17,18)12-9-14-11-3-2-8-16(11)12/h9-10,13H,2-8H2,1H3. The Kier molecular flexibility index (Phi) is 3.36. The van der Waals surface area contributed by atoms with Crippen molar-refractivity contribution in [2.24, 2.45) is 0 Å². The molecule has 0 aromatic carbocycles. The molecule has 1 aromatic heterocycles. The van der Waals surface area contributed by atoms with E-state index in [4.69, 9.17) is 0 Å². The van der Waals surface area contributed by atoms with Gasteiger partial charge >= 0.3 is 0 Å². The normalized spacial score (nSPS) is 20.9. The van der Waals surface area contributed by atoms with Crippen LogP contribution in [0.1, 0.15) is 25.1 Å². The summed E-state index contributed by atoms with van der Waals surface area (Å²) in [5, 5.41) is 3.62. The lowest BCUT2D eigenvalue weighted by Gasteiger charge is -2.30. The average Bonchev–Trinajstić information content (AvgIpc) is 3.01. The van der Waals surface area contributed by atoms with Crippen LogP contribution < -0.4 is 5.32 Å². The molecule has 1 N–H and O–H groups in total. The van der Waals surface area contributed by atoms with Crippen molar-refractivity contribution in [2.75, 3.05) is 20.1 Å².